The molecule has 1 N–H and O–H groups in total. The maximum absolute atomic E-state index is 13.5. The molecule has 0 spiro atoms. The predicted molar refractivity (Wildman–Crippen MR) is 90.0 cm³/mol. The number of hydrogen-bond acceptors (Lipinski definition) is 4. The van der Waals surface area contributed by atoms with Crippen LogP contribution in [0.4, 0.5) is 10.1 Å². The van der Waals surface area contributed by atoms with Crippen molar-refractivity contribution in [3.05, 3.63) is 65.4 Å². The summed E-state index contributed by atoms with van der Waals surface area (Å²) in [6.07, 6.45) is 1.56. The van der Waals surface area contributed by atoms with E-state index in [1.54, 1.807) is 35.7 Å². The third-order valence-corrected chi connectivity index (χ3v) is 3.70. The fourth-order valence-corrected chi connectivity index (χ4v) is 2.32. The van der Waals surface area contributed by atoms with E-state index in [-0.39, 0.29) is 5.69 Å². The fraction of sp³-hybridized carbons (Fsp3) is 0.167. The van der Waals surface area contributed by atoms with Crippen LogP contribution in [0.3, 0.4) is 0 Å². The molecule has 128 valence electrons. The van der Waals surface area contributed by atoms with Gasteiger partial charge in [-0.05, 0) is 43.7 Å². The number of carbonyl (C=O) groups excluding carboxylic acids is 2. The lowest BCUT2D eigenvalue weighted by Gasteiger charge is -2.06. The lowest BCUT2D eigenvalue weighted by molar-refractivity contribution is -0.119. The highest BCUT2D eigenvalue weighted by atomic mass is 19.1. The Kier molecular flexibility index (Phi) is 4.47. The van der Waals surface area contributed by atoms with Gasteiger partial charge < -0.3 is 14.5 Å². The predicted octanol–water partition coefficient (Wildman–Crippen LogP) is 2.89. The highest BCUT2D eigenvalue weighted by Crippen LogP contribution is 2.13. The molecule has 0 radical (unpaired) electrons. The number of amides is 1. The van der Waals surface area contributed by atoms with Gasteiger partial charge in [0.1, 0.15) is 11.5 Å². The van der Waals surface area contributed by atoms with Gasteiger partial charge in [-0.15, -0.1) is 0 Å². The maximum atomic E-state index is 13.5. The number of rotatable bonds is 4. The van der Waals surface area contributed by atoms with Crippen molar-refractivity contribution < 1.29 is 18.7 Å². The monoisotopic (exact) mass is 341 g/mol. The number of carbonyl (C=O) groups is 2. The number of esters is 1. The van der Waals surface area contributed by atoms with Gasteiger partial charge in [-0.1, -0.05) is 12.1 Å². The number of benzene rings is 1. The van der Waals surface area contributed by atoms with Crippen molar-refractivity contribution in [1.82, 2.24) is 9.38 Å². The van der Waals surface area contributed by atoms with Gasteiger partial charge in [0.05, 0.1) is 0 Å². The zero-order chi connectivity index (χ0) is 18.0. The minimum atomic E-state index is -0.701. The molecule has 1 amide bonds. The zero-order valence-corrected chi connectivity index (χ0v) is 13.7. The van der Waals surface area contributed by atoms with Gasteiger partial charge in [-0.3, -0.25) is 4.79 Å². The van der Waals surface area contributed by atoms with Gasteiger partial charge in [0, 0.05) is 17.6 Å². The summed E-state index contributed by atoms with van der Waals surface area (Å²) < 4.78 is 20.2. The number of fused-ring (bicyclic) bond motifs is 1. The van der Waals surface area contributed by atoms with Crippen LogP contribution in [0.5, 0.6) is 0 Å². The molecule has 0 saturated carbocycles. The van der Waals surface area contributed by atoms with Crippen molar-refractivity contribution >= 4 is 23.2 Å². The van der Waals surface area contributed by atoms with Gasteiger partial charge >= 0.3 is 5.97 Å². The molecule has 2 heterocycles. The minimum absolute atomic E-state index is 0.114. The Bertz CT molecular complexity index is 965. The number of imidazole rings is 1. The molecule has 0 bridgehead atoms. The molecule has 6 nitrogen and oxygen atoms in total. The van der Waals surface area contributed by atoms with Gasteiger partial charge in [0.25, 0.3) is 5.91 Å². The average Bonchev–Trinajstić information content (AvgIpc) is 3.02. The van der Waals surface area contributed by atoms with Crippen LogP contribution in [0.2, 0.25) is 0 Å². The Balaban J connectivity index is 1.61. The van der Waals surface area contributed by atoms with E-state index in [0.717, 1.165) is 5.69 Å². The van der Waals surface area contributed by atoms with Crippen molar-refractivity contribution in [3.63, 3.8) is 0 Å². The van der Waals surface area contributed by atoms with Crippen molar-refractivity contribution in [2.45, 2.75) is 13.8 Å². The third-order valence-electron chi connectivity index (χ3n) is 3.70. The highest BCUT2D eigenvalue weighted by Gasteiger charge is 2.15. The van der Waals surface area contributed by atoms with Crippen LogP contribution in [0, 0.1) is 19.7 Å². The molecular weight excluding hydrogens is 325 g/mol. The smallest absolute Gasteiger partial charge is 0.359 e. The first-order valence-corrected chi connectivity index (χ1v) is 7.62. The standard InChI is InChI=1S/C18H16FN3O3/c1-11-6-7-13(8-14(11)19)20-17(23)10-25-18(24)15-9-22-12(2)4-3-5-16(22)21-15/h3-9H,10H2,1-2H3,(H,20,23). The van der Waals surface area contributed by atoms with Crippen LogP contribution >= 0.6 is 0 Å². The first kappa shape index (κ1) is 16.6. The molecule has 0 atom stereocenters. The summed E-state index contributed by atoms with van der Waals surface area (Å²) in [5, 5.41) is 2.47. The van der Waals surface area contributed by atoms with E-state index in [0.29, 0.717) is 16.9 Å². The highest BCUT2D eigenvalue weighted by molar-refractivity contribution is 5.95. The fourth-order valence-electron chi connectivity index (χ4n) is 2.32. The summed E-state index contributed by atoms with van der Waals surface area (Å²) in [5.41, 5.74) is 2.43. The number of halogens is 1. The van der Waals surface area contributed by atoms with Crippen LogP contribution in [0.15, 0.2) is 42.6 Å². The summed E-state index contributed by atoms with van der Waals surface area (Å²) >= 11 is 0. The Morgan fingerprint density at radius 1 is 1.24 bits per heavy atom. The molecule has 3 rings (SSSR count). The van der Waals surface area contributed by atoms with Crippen molar-refractivity contribution in [1.29, 1.82) is 0 Å². The van der Waals surface area contributed by atoms with Gasteiger partial charge in [-0.2, -0.15) is 0 Å². The van der Waals surface area contributed by atoms with Crippen molar-refractivity contribution in [2.75, 3.05) is 11.9 Å². The summed E-state index contributed by atoms with van der Waals surface area (Å²) in [4.78, 5) is 28.0. The van der Waals surface area contributed by atoms with E-state index < -0.39 is 24.3 Å². The minimum Gasteiger partial charge on any atom is -0.451 e. The van der Waals surface area contributed by atoms with E-state index in [4.69, 9.17) is 4.74 Å². The summed E-state index contributed by atoms with van der Waals surface area (Å²) in [7, 11) is 0. The molecule has 1 aromatic carbocycles. The molecule has 2 aromatic heterocycles. The Hall–Kier alpha value is -3.22. The molecule has 25 heavy (non-hydrogen) atoms. The number of aryl methyl sites for hydroxylation is 2. The van der Waals surface area contributed by atoms with Crippen LogP contribution in [0.1, 0.15) is 21.7 Å². The normalized spacial score (nSPS) is 10.7. The quantitative estimate of drug-likeness (QED) is 0.741. The second kappa shape index (κ2) is 6.72. The molecule has 0 fully saturated rings. The number of ether oxygens (including phenoxy) is 1. The van der Waals surface area contributed by atoms with Gasteiger partial charge in [0.2, 0.25) is 0 Å². The van der Waals surface area contributed by atoms with Crippen molar-refractivity contribution in [2.24, 2.45) is 0 Å². The van der Waals surface area contributed by atoms with Gasteiger partial charge in [0.15, 0.2) is 12.3 Å². The Morgan fingerprint density at radius 3 is 2.76 bits per heavy atom. The molecule has 0 aliphatic rings. The molecule has 3 aromatic rings. The number of anilines is 1. The molecule has 0 aliphatic carbocycles. The van der Waals surface area contributed by atoms with Crippen molar-refractivity contribution in [3.8, 4) is 0 Å². The second-order valence-corrected chi connectivity index (χ2v) is 5.61. The summed E-state index contributed by atoms with van der Waals surface area (Å²) in [6.45, 7) is 3.03. The number of nitrogens with zero attached hydrogens (tertiary/aromatic N) is 2. The van der Waals surface area contributed by atoms with E-state index >= 15 is 0 Å². The Morgan fingerprint density at radius 2 is 2.04 bits per heavy atom. The number of aromatic nitrogens is 2. The second-order valence-electron chi connectivity index (χ2n) is 5.61. The zero-order valence-electron chi connectivity index (χ0n) is 13.7. The number of hydrogen-bond donors (Lipinski definition) is 1. The third kappa shape index (κ3) is 3.65. The lowest BCUT2D eigenvalue weighted by atomic mass is 10.2. The molecule has 0 saturated heterocycles. The first-order valence-electron chi connectivity index (χ1n) is 7.62. The van der Waals surface area contributed by atoms with E-state index in [9.17, 15) is 14.0 Å². The van der Waals surface area contributed by atoms with Crippen LogP contribution in [-0.2, 0) is 9.53 Å². The SMILES string of the molecule is Cc1ccc(NC(=O)COC(=O)c2cn3c(C)cccc3n2)cc1F. The van der Waals surface area contributed by atoms with Crippen LogP contribution in [-0.4, -0.2) is 27.9 Å². The first-order chi connectivity index (χ1) is 11.9. The number of nitrogens with one attached hydrogen (secondary N) is 1. The molecular formula is C18H16FN3O3. The lowest BCUT2D eigenvalue weighted by Crippen LogP contribution is -2.21. The van der Waals surface area contributed by atoms with E-state index in [2.05, 4.69) is 10.3 Å². The van der Waals surface area contributed by atoms with E-state index in [1.807, 2.05) is 19.1 Å². The largest absolute Gasteiger partial charge is 0.451 e. The topological polar surface area (TPSA) is 72.7 Å². The van der Waals surface area contributed by atoms with Crippen LogP contribution < -0.4 is 5.32 Å². The molecule has 7 heteroatoms. The Labute approximate surface area is 143 Å². The average molecular weight is 341 g/mol. The number of pyridine rings is 1. The summed E-state index contributed by atoms with van der Waals surface area (Å²) in [6, 6.07) is 9.82. The molecule has 0 aliphatic heterocycles. The molecule has 0 unspecified atom stereocenters. The van der Waals surface area contributed by atoms with Crippen LogP contribution in [0.25, 0.3) is 5.65 Å². The summed E-state index contributed by atoms with van der Waals surface area (Å²) in [5.74, 6) is -1.68. The maximum Gasteiger partial charge on any atom is 0.359 e. The van der Waals surface area contributed by atoms with Gasteiger partial charge in [-0.25, -0.2) is 14.2 Å². The van der Waals surface area contributed by atoms with E-state index in [1.165, 1.54) is 6.07 Å².